The first-order chi connectivity index (χ1) is 13.5. The zero-order valence-corrected chi connectivity index (χ0v) is 17.5. The third kappa shape index (κ3) is 4.73. The Bertz CT molecular complexity index is 841. The zero-order valence-electron chi connectivity index (χ0n) is 16.7. The van der Waals surface area contributed by atoms with Crippen molar-refractivity contribution in [2.45, 2.75) is 46.0 Å². The summed E-state index contributed by atoms with van der Waals surface area (Å²) in [6.07, 6.45) is 3.85. The van der Waals surface area contributed by atoms with Crippen LogP contribution < -0.4 is 10.1 Å². The molecule has 6 heteroatoms. The fourth-order valence-corrected chi connectivity index (χ4v) is 4.94. The van der Waals surface area contributed by atoms with E-state index in [0.29, 0.717) is 35.9 Å². The predicted molar refractivity (Wildman–Crippen MR) is 111 cm³/mol. The van der Waals surface area contributed by atoms with Gasteiger partial charge in [0, 0.05) is 11.3 Å². The van der Waals surface area contributed by atoms with E-state index in [-0.39, 0.29) is 11.9 Å². The number of hydrogen-bond donors (Lipinski definition) is 1. The lowest BCUT2D eigenvalue weighted by molar-refractivity contribution is -0.116. The van der Waals surface area contributed by atoms with Crippen LogP contribution in [-0.4, -0.2) is 25.6 Å². The molecule has 0 aliphatic heterocycles. The van der Waals surface area contributed by atoms with Gasteiger partial charge < -0.3 is 14.8 Å². The van der Waals surface area contributed by atoms with Gasteiger partial charge in [0.25, 0.3) is 0 Å². The molecule has 0 spiro atoms. The van der Waals surface area contributed by atoms with Gasteiger partial charge in [-0.15, -0.1) is 11.3 Å². The minimum atomic E-state index is -0.367. The lowest BCUT2D eigenvalue weighted by Gasteiger charge is -2.18. The van der Waals surface area contributed by atoms with Gasteiger partial charge >= 0.3 is 5.97 Å². The Balaban J connectivity index is 1.67. The molecule has 150 valence electrons. The number of hydrogen-bond acceptors (Lipinski definition) is 5. The SMILES string of the molecule is CCOc1ccc(CCC(=O)Nc2sc3c(c2C(=O)OC)CCC(C)C3)cc1. The smallest absolute Gasteiger partial charge is 0.341 e. The maximum atomic E-state index is 12.5. The molecule has 1 aromatic carbocycles. The van der Waals surface area contributed by atoms with Gasteiger partial charge in [-0.1, -0.05) is 19.1 Å². The molecule has 28 heavy (non-hydrogen) atoms. The third-order valence-electron chi connectivity index (χ3n) is 5.03. The molecule has 0 radical (unpaired) electrons. The Morgan fingerprint density at radius 2 is 2.00 bits per heavy atom. The minimum absolute atomic E-state index is 0.0920. The predicted octanol–water partition coefficient (Wildman–Crippen LogP) is 4.63. The first-order valence-electron chi connectivity index (χ1n) is 9.76. The van der Waals surface area contributed by atoms with E-state index in [2.05, 4.69) is 12.2 Å². The molecule has 1 aromatic heterocycles. The van der Waals surface area contributed by atoms with Crippen LogP contribution in [0.15, 0.2) is 24.3 Å². The van der Waals surface area contributed by atoms with Crippen molar-refractivity contribution in [2.24, 2.45) is 5.92 Å². The second kappa shape index (κ2) is 9.24. The molecule has 0 fully saturated rings. The molecule has 1 atom stereocenters. The molecule has 3 rings (SSSR count). The highest BCUT2D eigenvalue weighted by Crippen LogP contribution is 2.40. The van der Waals surface area contributed by atoms with E-state index in [1.807, 2.05) is 31.2 Å². The maximum absolute atomic E-state index is 12.5. The minimum Gasteiger partial charge on any atom is -0.494 e. The standard InChI is InChI=1S/C22H27NO4S/c1-4-27-16-9-6-15(7-10-16)8-12-19(24)23-21-20(22(25)26-3)17-11-5-14(2)13-18(17)28-21/h6-7,9-10,14H,4-5,8,11-13H2,1-3H3,(H,23,24). The largest absolute Gasteiger partial charge is 0.494 e. The van der Waals surface area contributed by atoms with E-state index in [9.17, 15) is 9.59 Å². The van der Waals surface area contributed by atoms with Crippen LogP contribution in [0.1, 0.15) is 53.1 Å². The summed E-state index contributed by atoms with van der Waals surface area (Å²) in [5, 5.41) is 3.58. The van der Waals surface area contributed by atoms with Gasteiger partial charge in [0.2, 0.25) is 5.91 Å². The third-order valence-corrected chi connectivity index (χ3v) is 6.20. The Morgan fingerprint density at radius 3 is 2.68 bits per heavy atom. The quantitative estimate of drug-likeness (QED) is 0.687. The second-order valence-corrected chi connectivity index (χ2v) is 8.28. The van der Waals surface area contributed by atoms with Crippen LogP contribution in [-0.2, 0) is 28.8 Å². The molecule has 1 amide bonds. The van der Waals surface area contributed by atoms with Gasteiger partial charge in [-0.3, -0.25) is 4.79 Å². The molecule has 0 saturated heterocycles. The second-order valence-electron chi connectivity index (χ2n) is 7.17. The monoisotopic (exact) mass is 401 g/mol. The van der Waals surface area contributed by atoms with Crippen molar-refractivity contribution in [3.05, 3.63) is 45.8 Å². The molecule has 1 aliphatic carbocycles. The number of ether oxygens (including phenoxy) is 2. The lowest BCUT2D eigenvalue weighted by atomic mass is 9.88. The molecular formula is C22H27NO4S. The summed E-state index contributed by atoms with van der Waals surface area (Å²) >= 11 is 1.52. The van der Waals surface area contributed by atoms with Crippen LogP contribution in [0.25, 0.3) is 0 Å². The number of methoxy groups -OCH3 is 1. The number of carbonyl (C=O) groups excluding carboxylic acids is 2. The molecular weight excluding hydrogens is 374 g/mol. The van der Waals surface area contributed by atoms with E-state index < -0.39 is 0 Å². The van der Waals surface area contributed by atoms with Gasteiger partial charge in [-0.2, -0.15) is 0 Å². The van der Waals surface area contributed by atoms with Gasteiger partial charge in [0.1, 0.15) is 10.8 Å². The van der Waals surface area contributed by atoms with E-state index >= 15 is 0 Å². The van der Waals surface area contributed by atoms with Crippen molar-refractivity contribution in [3.8, 4) is 5.75 Å². The number of aryl methyl sites for hydroxylation is 1. The van der Waals surface area contributed by atoms with Gasteiger partial charge in [0.15, 0.2) is 0 Å². The van der Waals surface area contributed by atoms with Crippen LogP contribution in [0.5, 0.6) is 5.75 Å². The number of nitrogens with one attached hydrogen (secondary N) is 1. The van der Waals surface area contributed by atoms with Gasteiger partial charge in [-0.25, -0.2) is 4.79 Å². The summed E-state index contributed by atoms with van der Waals surface area (Å²) < 4.78 is 10.4. The lowest BCUT2D eigenvalue weighted by Crippen LogP contribution is -2.16. The van der Waals surface area contributed by atoms with E-state index in [0.717, 1.165) is 36.1 Å². The van der Waals surface area contributed by atoms with E-state index in [1.165, 1.54) is 23.3 Å². The van der Waals surface area contributed by atoms with Crippen molar-refractivity contribution in [1.29, 1.82) is 0 Å². The summed E-state index contributed by atoms with van der Waals surface area (Å²) in [6.45, 7) is 4.80. The molecule has 1 aliphatic rings. The van der Waals surface area contributed by atoms with Crippen molar-refractivity contribution in [3.63, 3.8) is 0 Å². The summed E-state index contributed by atoms with van der Waals surface area (Å²) in [5.41, 5.74) is 2.67. The first-order valence-corrected chi connectivity index (χ1v) is 10.6. The summed E-state index contributed by atoms with van der Waals surface area (Å²) in [7, 11) is 1.38. The number of esters is 1. The topological polar surface area (TPSA) is 64.6 Å². The van der Waals surface area contributed by atoms with Gasteiger partial charge in [-0.05, 0) is 61.8 Å². The van der Waals surface area contributed by atoms with Crippen molar-refractivity contribution in [2.75, 3.05) is 19.0 Å². The first kappa shape index (κ1) is 20.4. The fourth-order valence-electron chi connectivity index (χ4n) is 3.52. The summed E-state index contributed by atoms with van der Waals surface area (Å²) in [4.78, 5) is 26.0. The average Bonchev–Trinajstić information content (AvgIpc) is 3.03. The Kier molecular flexibility index (Phi) is 6.73. The average molecular weight is 402 g/mol. The Hall–Kier alpha value is -2.34. The molecule has 1 heterocycles. The van der Waals surface area contributed by atoms with Crippen LogP contribution in [0, 0.1) is 5.92 Å². The highest BCUT2D eigenvalue weighted by atomic mass is 32.1. The molecule has 1 unspecified atom stereocenters. The number of benzene rings is 1. The van der Waals surface area contributed by atoms with Crippen molar-refractivity contribution in [1.82, 2.24) is 0 Å². The molecule has 0 saturated carbocycles. The van der Waals surface area contributed by atoms with Crippen LogP contribution in [0.2, 0.25) is 0 Å². The number of carbonyl (C=O) groups is 2. The van der Waals surface area contributed by atoms with E-state index in [4.69, 9.17) is 9.47 Å². The molecule has 5 nitrogen and oxygen atoms in total. The van der Waals surface area contributed by atoms with Crippen LogP contribution in [0.4, 0.5) is 5.00 Å². The zero-order chi connectivity index (χ0) is 20.1. The molecule has 1 N–H and O–H groups in total. The number of fused-ring (bicyclic) bond motifs is 1. The molecule has 0 bridgehead atoms. The number of amides is 1. The van der Waals surface area contributed by atoms with Gasteiger partial charge in [0.05, 0.1) is 19.3 Å². The fraction of sp³-hybridized carbons (Fsp3) is 0.455. The number of thiophene rings is 1. The number of anilines is 1. The number of rotatable bonds is 7. The summed E-state index contributed by atoms with van der Waals surface area (Å²) in [5.74, 6) is 0.969. The molecule has 2 aromatic rings. The highest BCUT2D eigenvalue weighted by Gasteiger charge is 2.28. The highest BCUT2D eigenvalue weighted by molar-refractivity contribution is 7.17. The maximum Gasteiger partial charge on any atom is 0.341 e. The van der Waals surface area contributed by atoms with Crippen LogP contribution in [0.3, 0.4) is 0 Å². The Labute approximate surface area is 170 Å². The van der Waals surface area contributed by atoms with Crippen LogP contribution >= 0.6 is 11.3 Å². The van der Waals surface area contributed by atoms with Crippen molar-refractivity contribution >= 4 is 28.2 Å². The summed E-state index contributed by atoms with van der Waals surface area (Å²) in [6, 6.07) is 7.79. The Morgan fingerprint density at radius 1 is 1.25 bits per heavy atom. The van der Waals surface area contributed by atoms with Crippen molar-refractivity contribution < 1.29 is 19.1 Å². The van der Waals surface area contributed by atoms with E-state index in [1.54, 1.807) is 0 Å². The normalized spacial score (nSPS) is 15.6.